The lowest BCUT2D eigenvalue weighted by Crippen LogP contribution is -2.57. The number of fused-ring (bicyclic) bond motifs is 1. The minimum Gasteiger partial charge on any atom is -0.497 e. The fourth-order valence-electron chi connectivity index (χ4n) is 5.13. The lowest BCUT2D eigenvalue weighted by molar-refractivity contribution is -0.147. The number of amides is 2. The molecule has 36 heavy (non-hydrogen) atoms. The number of carbonyl (C=O) groups is 3. The average molecular weight is 514 g/mol. The molecule has 2 amide bonds. The number of esters is 1. The van der Waals surface area contributed by atoms with E-state index in [1.54, 1.807) is 30.3 Å². The molecule has 8 nitrogen and oxygen atoms in total. The Bertz CT molecular complexity index is 1070. The van der Waals surface area contributed by atoms with E-state index in [0.717, 1.165) is 24.3 Å². The molecule has 0 saturated carbocycles. The van der Waals surface area contributed by atoms with E-state index in [1.165, 1.54) is 10.4 Å². The van der Waals surface area contributed by atoms with Crippen LogP contribution in [0.1, 0.15) is 48.7 Å². The van der Waals surface area contributed by atoms with Crippen LogP contribution in [0.25, 0.3) is 0 Å². The van der Waals surface area contributed by atoms with Gasteiger partial charge in [0.2, 0.25) is 11.8 Å². The summed E-state index contributed by atoms with van der Waals surface area (Å²) in [5.74, 6) is 0.473. The molecule has 1 aromatic carbocycles. The van der Waals surface area contributed by atoms with Crippen molar-refractivity contribution in [2.24, 2.45) is 0 Å². The summed E-state index contributed by atoms with van der Waals surface area (Å²) >= 11 is 1.78. The van der Waals surface area contributed by atoms with Crippen LogP contribution in [0, 0.1) is 0 Å². The third kappa shape index (κ3) is 5.90. The highest BCUT2D eigenvalue weighted by molar-refractivity contribution is 7.10. The first kappa shape index (κ1) is 26.2. The first-order valence-corrected chi connectivity index (χ1v) is 13.5. The van der Waals surface area contributed by atoms with Crippen molar-refractivity contribution in [3.8, 4) is 5.75 Å². The van der Waals surface area contributed by atoms with Gasteiger partial charge >= 0.3 is 5.97 Å². The van der Waals surface area contributed by atoms with E-state index in [9.17, 15) is 14.4 Å². The number of methoxy groups -OCH3 is 1. The first-order chi connectivity index (χ1) is 17.4. The zero-order valence-corrected chi connectivity index (χ0v) is 22.1. The predicted octanol–water partition coefficient (Wildman–Crippen LogP) is 3.11. The van der Waals surface area contributed by atoms with Crippen LogP contribution < -0.4 is 4.74 Å². The maximum absolute atomic E-state index is 13.4. The normalized spacial score (nSPS) is 20.1. The highest BCUT2D eigenvalue weighted by Crippen LogP contribution is 2.38. The summed E-state index contributed by atoms with van der Waals surface area (Å²) < 4.78 is 10.3. The van der Waals surface area contributed by atoms with Crippen LogP contribution in [0.4, 0.5) is 0 Å². The molecule has 0 aliphatic carbocycles. The highest BCUT2D eigenvalue weighted by Gasteiger charge is 2.34. The van der Waals surface area contributed by atoms with Crippen molar-refractivity contribution in [2.75, 3.05) is 46.4 Å². The van der Waals surface area contributed by atoms with Crippen molar-refractivity contribution in [3.05, 3.63) is 51.7 Å². The van der Waals surface area contributed by atoms with Gasteiger partial charge in [-0.3, -0.25) is 19.3 Å². The molecular formula is C27H35N3O5S. The molecule has 0 bridgehead atoms. The van der Waals surface area contributed by atoms with Crippen LogP contribution in [0.15, 0.2) is 35.7 Å². The van der Waals surface area contributed by atoms with Crippen LogP contribution in [0.2, 0.25) is 0 Å². The van der Waals surface area contributed by atoms with Crippen molar-refractivity contribution in [1.29, 1.82) is 0 Å². The van der Waals surface area contributed by atoms with E-state index >= 15 is 0 Å². The van der Waals surface area contributed by atoms with Gasteiger partial charge in [-0.25, -0.2) is 0 Å². The second kappa shape index (κ2) is 11.9. The van der Waals surface area contributed by atoms with Gasteiger partial charge in [0.25, 0.3) is 0 Å². The van der Waals surface area contributed by atoms with E-state index in [0.29, 0.717) is 32.8 Å². The number of rotatable bonds is 8. The predicted molar refractivity (Wildman–Crippen MR) is 138 cm³/mol. The van der Waals surface area contributed by atoms with Gasteiger partial charge in [-0.1, -0.05) is 12.1 Å². The molecule has 194 valence electrons. The lowest BCUT2D eigenvalue weighted by atomic mass is 9.93. The van der Waals surface area contributed by atoms with Gasteiger partial charge < -0.3 is 19.3 Å². The molecule has 2 aliphatic rings. The van der Waals surface area contributed by atoms with Crippen LogP contribution in [-0.2, 0) is 25.5 Å². The van der Waals surface area contributed by atoms with E-state index in [1.807, 2.05) is 24.0 Å². The molecule has 1 saturated heterocycles. The Kier molecular flexibility index (Phi) is 8.64. The number of carbonyl (C=O) groups excluding carboxylic acids is 3. The minimum atomic E-state index is -0.353. The molecule has 9 heteroatoms. The van der Waals surface area contributed by atoms with Crippen molar-refractivity contribution < 1.29 is 23.9 Å². The summed E-state index contributed by atoms with van der Waals surface area (Å²) in [5, 5.41) is 2.13. The third-order valence-corrected chi connectivity index (χ3v) is 7.98. The van der Waals surface area contributed by atoms with Gasteiger partial charge in [-0.15, -0.1) is 11.3 Å². The van der Waals surface area contributed by atoms with Crippen molar-refractivity contribution in [1.82, 2.24) is 14.7 Å². The minimum absolute atomic E-state index is 0.0259. The van der Waals surface area contributed by atoms with E-state index in [2.05, 4.69) is 28.5 Å². The maximum Gasteiger partial charge on any atom is 0.306 e. The van der Waals surface area contributed by atoms with Gasteiger partial charge in [-0.2, -0.15) is 0 Å². The summed E-state index contributed by atoms with van der Waals surface area (Å²) in [5.41, 5.74) is 2.42. The molecular weight excluding hydrogens is 478 g/mol. The summed E-state index contributed by atoms with van der Waals surface area (Å²) in [6.45, 7) is 6.64. The fourth-order valence-corrected chi connectivity index (χ4v) is 6.03. The maximum atomic E-state index is 13.4. The summed E-state index contributed by atoms with van der Waals surface area (Å²) in [4.78, 5) is 44.9. The van der Waals surface area contributed by atoms with Crippen LogP contribution >= 0.6 is 11.3 Å². The van der Waals surface area contributed by atoms with Crippen molar-refractivity contribution in [3.63, 3.8) is 0 Å². The second-order valence-corrected chi connectivity index (χ2v) is 10.3. The number of hydrogen-bond acceptors (Lipinski definition) is 7. The van der Waals surface area contributed by atoms with Gasteiger partial charge in [-0.05, 0) is 55.0 Å². The molecule has 1 fully saturated rings. The average Bonchev–Trinajstić information content (AvgIpc) is 3.36. The Morgan fingerprint density at radius 1 is 1.03 bits per heavy atom. The Morgan fingerprint density at radius 2 is 1.81 bits per heavy atom. The van der Waals surface area contributed by atoms with Gasteiger partial charge in [0.1, 0.15) is 5.75 Å². The SMILES string of the molecule is CCOC(=O)CCC(=O)N1CCN(C(=O)CN2CCc3sccc3C2c2ccc(OC)cc2)CC1C. The molecule has 0 spiro atoms. The Labute approximate surface area is 216 Å². The van der Waals surface area contributed by atoms with Crippen LogP contribution in [0.5, 0.6) is 5.75 Å². The number of benzene rings is 1. The zero-order chi connectivity index (χ0) is 25.7. The molecule has 1 aromatic heterocycles. The molecule has 3 heterocycles. The van der Waals surface area contributed by atoms with Crippen LogP contribution in [-0.4, -0.2) is 85.0 Å². The molecule has 2 aromatic rings. The molecule has 4 rings (SSSR count). The van der Waals surface area contributed by atoms with E-state index < -0.39 is 0 Å². The second-order valence-electron chi connectivity index (χ2n) is 9.28. The van der Waals surface area contributed by atoms with E-state index in [-0.39, 0.29) is 42.7 Å². The molecule has 0 radical (unpaired) electrons. The number of nitrogens with zero attached hydrogens (tertiary/aromatic N) is 3. The third-order valence-electron chi connectivity index (χ3n) is 6.98. The lowest BCUT2D eigenvalue weighted by Gasteiger charge is -2.42. The number of hydrogen-bond donors (Lipinski definition) is 0. The zero-order valence-electron chi connectivity index (χ0n) is 21.3. The quantitative estimate of drug-likeness (QED) is 0.505. The van der Waals surface area contributed by atoms with Gasteiger partial charge in [0, 0.05) is 43.5 Å². The Morgan fingerprint density at radius 3 is 2.50 bits per heavy atom. The summed E-state index contributed by atoms with van der Waals surface area (Å²) in [6, 6.07) is 10.2. The molecule has 2 unspecified atom stereocenters. The number of ether oxygens (including phenoxy) is 2. The van der Waals surface area contributed by atoms with Crippen molar-refractivity contribution >= 4 is 29.1 Å². The smallest absolute Gasteiger partial charge is 0.306 e. The summed E-state index contributed by atoms with van der Waals surface area (Å²) in [7, 11) is 1.66. The Balaban J connectivity index is 1.39. The van der Waals surface area contributed by atoms with Gasteiger partial charge in [0.05, 0.1) is 32.7 Å². The molecule has 2 atom stereocenters. The van der Waals surface area contributed by atoms with E-state index in [4.69, 9.17) is 9.47 Å². The fraction of sp³-hybridized carbons (Fsp3) is 0.519. The Hall–Kier alpha value is -2.91. The molecule has 2 aliphatic heterocycles. The van der Waals surface area contributed by atoms with Crippen molar-refractivity contribution in [2.45, 2.75) is 45.2 Å². The molecule has 0 N–H and O–H groups in total. The van der Waals surface area contributed by atoms with Crippen LogP contribution in [0.3, 0.4) is 0 Å². The first-order valence-electron chi connectivity index (χ1n) is 12.6. The highest BCUT2D eigenvalue weighted by atomic mass is 32.1. The monoisotopic (exact) mass is 513 g/mol. The topological polar surface area (TPSA) is 79.4 Å². The summed E-state index contributed by atoms with van der Waals surface area (Å²) in [6.07, 6.45) is 1.16. The largest absolute Gasteiger partial charge is 0.497 e. The van der Waals surface area contributed by atoms with Gasteiger partial charge in [0.15, 0.2) is 0 Å². The number of thiophene rings is 1. The number of piperazine rings is 1. The standard InChI is InChI=1S/C27H35N3O5S/c1-4-35-26(33)10-9-24(31)30-15-14-28(17-19(30)2)25(32)18-29-13-11-23-22(12-16-36-23)27(29)20-5-7-21(34-3)8-6-20/h5-8,12,16,19,27H,4,9-11,13-15,17-18H2,1-3H3.